The van der Waals surface area contributed by atoms with E-state index in [0.29, 0.717) is 0 Å². The van der Waals surface area contributed by atoms with Crippen molar-refractivity contribution in [1.82, 2.24) is 5.32 Å². The highest BCUT2D eigenvalue weighted by Crippen LogP contribution is 2.39. The van der Waals surface area contributed by atoms with Crippen LogP contribution in [0, 0.1) is 0 Å². The Morgan fingerprint density at radius 2 is 1.90 bits per heavy atom. The second-order valence-corrected chi connectivity index (χ2v) is 4.00. The Hall–Kier alpha value is -1.77. The lowest BCUT2D eigenvalue weighted by Crippen LogP contribution is -2.49. The van der Waals surface area contributed by atoms with Gasteiger partial charge in [0.1, 0.15) is 11.8 Å². The van der Waals surface area contributed by atoms with Gasteiger partial charge in [0.05, 0.1) is 0 Å². The first-order valence-corrected chi connectivity index (χ1v) is 5.35. The molecular formula is C11H9ClF5NO3. The van der Waals surface area contributed by atoms with Crippen molar-refractivity contribution in [3.05, 3.63) is 29.8 Å². The Bertz CT molecular complexity index is 523. The van der Waals surface area contributed by atoms with E-state index in [1.807, 2.05) is 0 Å². The van der Waals surface area contributed by atoms with Crippen LogP contribution in [-0.2, 0) is 4.74 Å². The SMILES string of the molecule is Cl.O=C1N[C@H](c2ccccc2OC(F)(F)F)C(F)(F)CO1. The number of benzene rings is 1. The molecule has 118 valence electrons. The summed E-state index contributed by atoms with van der Waals surface area (Å²) in [4.78, 5) is 11.0. The summed E-state index contributed by atoms with van der Waals surface area (Å²) >= 11 is 0. The molecule has 4 nitrogen and oxygen atoms in total. The molecule has 1 aliphatic heterocycles. The van der Waals surface area contributed by atoms with Gasteiger partial charge in [-0.1, -0.05) is 18.2 Å². The molecule has 0 saturated carbocycles. The highest BCUT2D eigenvalue weighted by Gasteiger charge is 2.48. The zero-order valence-corrected chi connectivity index (χ0v) is 10.9. The topological polar surface area (TPSA) is 47.6 Å². The quantitative estimate of drug-likeness (QED) is 0.844. The van der Waals surface area contributed by atoms with Crippen molar-refractivity contribution in [2.45, 2.75) is 18.3 Å². The molecule has 1 N–H and O–H groups in total. The summed E-state index contributed by atoms with van der Waals surface area (Å²) in [5.74, 6) is -4.36. The van der Waals surface area contributed by atoms with E-state index in [9.17, 15) is 26.7 Å². The lowest BCUT2D eigenvalue weighted by atomic mass is 9.99. The Labute approximate surface area is 121 Å². The molecule has 0 aliphatic carbocycles. The number of hydrogen-bond acceptors (Lipinski definition) is 3. The summed E-state index contributed by atoms with van der Waals surface area (Å²) in [6.07, 6.45) is -6.16. The number of halogens is 6. The maximum Gasteiger partial charge on any atom is 0.573 e. The zero-order valence-electron chi connectivity index (χ0n) is 10.1. The molecule has 1 atom stereocenters. The van der Waals surface area contributed by atoms with Crippen LogP contribution in [0.15, 0.2) is 24.3 Å². The average Bonchev–Trinajstić information content (AvgIpc) is 2.31. The van der Waals surface area contributed by atoms with Crippen LogP contribution in [0.1, 0.15) is 11.6 Å². The van der Waals surface area contributed by atoms with Crippen molar-refractivity contribution in [3.63, 3.8) is 0 Å². The van der Waals surface area contributed by atoms with Crippen molar-refractivity contribution < 1.29 is 36.2 Å². The molecule has 1 saturated heterocycles. The van der Waals surface area contributed by atoms with Gasteiger partial charge in [-0.25, -0.2) is 13.6 Å². The van der Waals surface area contributed by atoms with Crippen molar-refractivity contribution in [3.8, 4) is 5.75 Å². The molecule has 0 bridgehead atoms. The predicted octanol–water partition coefficient (Wildman–Crippen LogP) is 3.42. The molecule has 0 unspecified atom stereocenters. The smallest absolute Gasteiger partial charge is 0.443 e. The highest BCUT2D eigenvalue weighted by atomic mass is 35.5. The van der Waals surface area contributed by atoms with Gasteiger partial charge in [-0.2, -0.15) is 0 Å². The molecule has 0 radical (unpaired) electrons. The van der Waals surface area contributed by atoms with Crippen LogP contribution in [0.4, 0.5) is 26.7 Å². The number of ether oxygens (including phenoxy) is 2. The molecule has 1 aliphatic rings. The minimum Gasteiger partial charge on any atom is -0.443 e. The fourth-order valence-corrected chi connectivity index (χ4v) is 1.75. The van der Waals surface area contributed by atoms with E-state index in [1.165, 1.54) is 12.1 Å². The molecule has 10 heteroatoms. The van der Waals surface area contributed by atoms with E-state index in [0.717, 1.165) is 12.1 Å². The van der Waals surface area contributed by atoms with Crippen molar-refractivity contribution in [1.29, 1.82) is 0 Å². The summed E-state index contributed by atoms with van der Waals surface area (Å²) in [6, 6.07) is 2.41. The average molecular weight is 334 g/mol. The molecule has 1 aromatic carbocycles. The van der Waals surface area contributed by atoms with E-state index < -0.39 is 42.3 Å². The van der Waals surface area contributed by atoms with Crippen LogP contribution in [0.25, 0.3) is 0 Å². The summed E-state index contributed by atoms with van der Waals surface area (Å²) < 4.78 is 71.8. The number of carbonyl (C=O) groups excluding carboxylic acids is 1. The molecule has 0 aromatic heterocycles. The predicted molar refractivity (Wildman–Crippen MR) is 62.5 cm³/mol. The lowest BCUT2D eigenvalue weighted by Gasteiger charge is -2.32. The normalized spacial score (nSPS) is 20.8. The first-order valence-electron chi connectivity index (χ1n) is 5.35. The molecule has 21 heavy (non-hydrogen) atoms. The van der Waals surface area contributed by atoms with Gasteiger partial charge in [-0.15, -0.1) is 25.6 Å². The number of hydrogen-bond donors (Lipinski definition) is 1. The molecule has 1 heterocycles. The second-order valence-electron chi connectivity index (χ2n) is 4.00. The minimum absolute atomic E-state index is 0. The fourth-order valence-electron chi connectivity index (χ4n) is 1.75. The van der Waals surface area contributed by atoms with Crippen LogP contribution in [0.2, 0.25) is 0 Å². The van der Waals surface area contributed by atoms with Crippen molar-refractivity contribution in [2.75, 3.05) is 6.61 Å². The first kappa shape index (κ1) is 17.3. The van der Waals surface area contributed by atoms with Crippen LogP contribution >= 0.6 is 12.4 Å². The third-order valence-electron chi connectivity index (χ3n) is 2.54. The van der Waals surface area contributed by atoms with Crippen molar-refractivity contribution >= 4 is 18.5 Å². The number of para-hydroxylation sites is 1. The number of amides is 1. The Morgan fingerprint density at radius 3 is 2.52 bits per heavy atom. The summed E-state index contributed by atoms with van der Waals surface area (Å²) in [5.41, 5.74) is -0.480. The molecule has 0 spiro atoms. The maximum absolute atomic E-state index is 13.7. The largest absolute Gasteiger partial charge is 0.573 e. The minimum atomic E-state index is -5.03. The van der Waals surface area contributed by atoms with Gasteiger partial charge >= 0.3 is 18.4 Å². The zero-order chi connectivity index (χ0) is 15.0. The van der Waals surface area contributed by atoms with Gasteiger partial charge in [-0.3, -0.25) is 0 Å². The van der Waals surface area contributed by atoms with Crippen LogP contribution in [0.5, 0.6) is 5.75 Å². The Balaban J connectivity index is 0.00000220. The fraction of sp³-hybridized carbons (Fsp3) is 0.364. The maximum atomic E-state index is 13.7. The molecule has 1 fully saturated rings. The first-order chi connectivity index (χ1) is 9.19. The van der Waals surface area contributed by atoms with E-state index in [-0.39, 0.29) is 12.4 Å². The number of cyclic esters (lactones) is 1. The number of rotatable bonds is 2. The molecule has 1 aromatic rings. The van der Waals surface area contributed by atoms with Crippen molar-refractivity contribution in [2.24, 2.45) is 0 Å². The van der Waals surface area contributed by atoms with E-state index >= 15 is 0 Å². The summed E-state index contributed by atoms with van der Waals surface area (Å²) in [6.45, 7) is -1.22. The number of nitrogens with one attached hydrogen (secondary N) is 1. The van der Waals surface area contributed by atoms with E-state index in [1.54, 1.807) is 5.32 Å². The van der Waals surface area contributed by atoms with Crippen LogP contribution in [0.3, 0.4) is 0 Å². The van der Waals surface area contributed by atoms with Gasteiger partial charge in [0.2, 0.25) is 0 Å². The van der Waals surface area contributed by atoms with E-state index in [2.05, 4.69) is 9.47 Å². The van der Waals surface area contributed by atoms with Crippen LogP contribution in [-0.4, -0.2) is 25.0 Å². The molecular weight excluding hydrogens is 325 g/mol. The lowest BCUT2D eigenvalue weighted by molar-refractivity contribution is -0.275. The Morgan fingerprint density at radius 1 is 1.29 bits per heavy atom. The van der Waals surface area contributed by atoms with E-state index in [4.69, 9.17) is 0 Å². The number of alkyl carbamates (subject to hydrolysis) is 1. The van der Waals surface area contributed by atoms with Gasteiger partial charge in [-0.05, 0) is 6.07 Å². The third-order valence-corrected chi connectivity index (χ3v) is 2.54. The molecule has 1 amide bonds. The monoisotopic (exact) mass is 333 g/mol. The highest BCUT2D eigenvalue weighted by molar-refractivity contribution is 5.85. The summed E-state index contributed by atoms with van der Waals surface area (Å²) in [5, 5.41) is 1.79. The number of carbonyl (C=O) groups is 1. The Kier molecular flexibility index (Phi) is 4.87. The van der Waals surface area contributed by atoms with Gasteiger partial charge in [0, 0.05) is 5.56 Å². The second kappa shape index (κ2) is 5.92. The number of alkyl halides is 5. The standard InChI is InChI=1S/C11H8F5NO3.ClH/c12-10(13)5-19-9(18)17-8(10)6-3-1-2-4-7(6)20-11(14,15)16;/h1-4,8H,5H2,(H,17,18);1H/t8-;/m1./s1. The summed E-state index contributed by atoms with van der Waals surface area (Å²) in [7, 11) is 0. The molecule has 2 rings (SSSR count). The van der Waals surface area contributed by atoms with Gasteiger partial charge in [0.15, 0.2) is 6.61 Å². The third kappa shape index (κ3) is 4.10. The van der Waals surface area contributed by atoms with Gasteiger partial charge in [0.25, 0.3) is 0 Å². The van der Waals surface area contributed by atoms with Gasteiger partial charge < -0.3 is 14.8 Å². The van der Waals surface area contributed by atoms with Crippen LogP contribution < -0.4 is 10.1 Å².